The number of hydrogen-bond acceptors (Lipinski definition) is 3. The van der Waals surface area contributed by atoms with Crippen LogP contribution in [0, 0.1) is 5.92 Å². The van der Waals surface area contributed by atoms with Gasteiger partial charge >= 0.3 is 0 Å². The molecule has 0 saturated carbocycles. The molecule has 0 aliphatic heterocycles. The summed E-state index contributed by atoms with van der Waals surface area (Å²) in [6, 6.07) is 66.0. The minimum atomic E-state index is 0.206. The van der Waals surface area contributed by atoms with Gasteiger partial charge in [-0.3, -0.25) is 0 Å². The lowest BCUT2D eigenvalue weighted by molar-refractivity contribution is 0.622. The van der Waals surface area contributed by atoms with Crippen LogP contribution < -0.4 is 0 Å². The minimum Gasteiger partial charge on any atom is -0.456 e. The quantitative estimate of drug-likeness (QED) is 0.131. The van der Waals surface area contributed by atoms with E-state index < -0.39 is 0 Å². The molecular formula is C68H40N2O. The topological polar surface area (TPSA) is 38.9 Å². The van der Waals surface area contributed by atoms with Gasteiger partial charge in [0.1, 0.15) is 11.2 Å². The Labute approximate surface area is 408 Å². The SMILES string of the molecule is CC1C=Cc2c3c(cc4c2nc(-c2ccccc2)c2c5ccc(o5)c42)-c2ccc(-c4ccc(-c5nc6cc7ccc8cccc9ccc(c6c6c5C5CC6c6ccccc65)c7c89)cc4)c4cccc(c24)C31. The van der Waals surface area contributed by atoms with Crippen molar-refractivity contribution in [3.63, 3.8) is 0 Å². The highest BCUT2D eigenvalue weighted by Gasteiger charge is 2.45. The molecule has 4 aliphatic rings. The summed E-state index contributed by atoms with van der Waals surface area (Å²) in [5.41, 5.74) is 23.4. The molecule has 4 aliphatic carbocycles. The molecule has 18 rings (SSSR count). The summed E-state index contributed by atoms with van der Waals surface area (Å²) in [5, 5.41) is 15.3. The summed E-state index contributed by atoms with van der Waals surface area (Å²) >= 11 is 0. The van der Waals surface area contributed by atoms with Crippen molar-refractivity contribution in [1.29, 1.82) is 0 Å². The molecule has 3 nitrogen and oxygen atoms in total. The van der Waals surface area contributed by atoms with Gasteiger partial charge in [0, 0.05) is 50.6 Å². The van der Waals surface area contributed by atoms with E-state index >= 15 is 0 Å². The van der Waals surface area contributed by atoms with Gasteiger partial charge in [0.25, 0.3) is 0 Å². The molecule has 0 amide bonds. The summed E-state index contributed by atoms with van der Waals surface area (Å²) in [6.07, 6.45) is 5.88. The molecule has 0 radical (unpaired) electrons. The lowest BCUT2D eigenvalue weighted by Crippen LogP contribution is -2.19. The van der Waals surface area contributed by atoms with Crippen molar-refractivity contribution in [2.45, 2.75) is 31.1 Å². The van der Waals surface area contributed by atoms with E-state index in [0.29, 0.717) is 17.8 Å². The van der Waals surface area contributed by atoms with Crippen molar-refractivity contribution in [3.05, 3.63) is 221 Å². The zero-order chi connectivity index (χ0) is 46.0. The van der Waals surface area contributed by atoms with E-state index in [0.717, 1.165) is 61.7 Å². The first-order chi connectivity index (χ1) is 35.1. The van der Waals surface area contributed by atoms with Gasteiger partial charge in [-0.05, 0) is 135 Å². The maximum atomic E-state index is 6.46. The van der Waals surface area contributed by atoms with Crippen LogP contribution in [0.5, 0.6) is 0 Å². The van der Waals surface area contributed by atoms with E-state index in [-0.39, 0.29) is 5.92 Å². The summed E-state index contributed by atoms with van der Waals surface area (Å²) in [6.45, 7) is 2.38. The molecule has 0 fully saturated rings. The summed E-state index contributed by atoms with van der Waals surface area (Å²) in [7, 11) is 0. The Morgan fingerprint density at radius 1 is 0.437 bits per heavy atom. The fourth-order valence-corrected chi connectivity index (χ4v) is 14.8. The van der Waals surface area contributed by atoms with Crippen molar-refractivity contribution in [1.82, 2.24) is 9.97 Å². The highest BCUT2D eigenvalue weighted by Crippen LogP contribution is 2.61. The fraction of sp³-hybridized carbons (Fsp3) is 0.0882. The molecule has 4 unspecified atom stereocenters. The monoisotopic (exact) mass is 900 g/mol. The smallest absolute Gasteiger partial charge is 0.137 e. The number of hydrogen-bond donors (Lipinski definition) is 0. The van der Waals surface area contributed by atoms with E-state index in [1.165, 1.54) is 115 Å². The highest BCUT2D eigenvalue weighted by atomic mass is 16.3. The Bertz CT molecular complexity index is 4730. The van der Waals surface area contributed by atoms with Crippen LogP contribution in [0.1, 0.15) is 70.0 Å². The van der Waals surface area contributed by atoms with E-state index in [4.69, 9.17) is 14.4 Å². The molecule has 71 heavy (non-hydrogen) atoms. The van der Waals surface area contributed by atoms with Crippen molar-refractivity contribution in [3.8, 4) is 44.8 Å². The fourth-order valence-electron chi connectivity index (χ4n) is 14.8. The zero-order valence-electron chi connectivity index (χ0n) is 38.7. The van der Waals surface area contributed by atoms with Gasteiger partial charge < -0.3 is 4.42 Å². The number of nitrogens with zero attached hydrogens (tertiary/aromatic N) is 2. The van der Waals surface area contributed by atoms with Crippen molar-refractivity contribution in [2.24, 2.45) is 5.92 Å². The molecule has 4 aromatic heterocycles. The molecule has 14 aromatic rings. The maximum Gasteiger partial charge on any atom is 0.137 e. The Kier molecular flexibility index (Phi) is 6.79. The minimum absolute atomic E-state index is 0.206. The molecule has 4 bridgehead atoms. The van der Waals surface area contributed by atoms with Gasteiger partial charge in [0.05, 0.1) is 27.8 Å². The van der Waals surface area contributed by atoms with E-state index in [2.05, 4.69) is 195 Å². The van der Waals surface area contributed by atoms with Crippen LogP contribution >= 0.6 is 0 Å². The normalized spacial score (nSPS) is 18.4. The Morgan fingerprint density at radius 3 is 1.99 bits per heavy atom. The lowest BCUT2D eigenvalue weighted by atomic mass is 9.67. The largest absolute Gasteiger partial charge is 0.456 e. The third-order valence-electron chi connectivity index (χ3n) is 17.7. The second-order valence-corrected chi connectivity index (χ2v) is 21.0. The van der Waals surface area contributed by atoms with Crippen LogP contribution in [-0.2, 0) is 0 Å². The lowest BCUT2D eigenvalue weighted by Gasteiger charge is -2.36. The predicted octanol–water partition coefficient (Wildman–Crippen LogP) is 17.9. The van der Waals surface area contributed by atoms with Gasteiger partial charge in [-0.25, -0.2) is 9.97 Å². The number of rotatable bonds is 3. The molecule has 0 N–H and O–H groups in total. The van der Waals surface area contributed by atoms with Crippen LogP contribution in [0.15, 0.2) is 186 Å². The number of aromatic nitrogens is 2. The zero-order valence-corrected chi connectivity index (χ0v) is 38.7. The third kappa shape index (κ3) is 4.57. The number of fused-ring (bicyclic) bond motifs is 21. The standard InChI is InChI=1S/C68H40N2O/c1-34-17-25-48-60-51(33-52-62-54-29-30-55(71-54)65(62)67(70-68(48)52)38-9-3-2-4-10-38)45-28-27-41(44-15-8-16-46(56(34)60)59(44)45)35-18-21-39(22-19-35)66-64-50-32-49(42-13-5-6-14-43(42)50)63(64)61-47-26-24-37-12-7-11-36-20-23-40(31-53(61)69-66)58(47)57(36)37/h2-31,33-34,49-50,56H,32H2,1H3. The van der Waals surface area contributed by atoms with Crippen molar-refractivity contribution in [2.75, 3.05) is 0 Å². The average molecular weight is 901 g/mol. The summed E-state index contributed by atoms with van der Waals surface area (Å²) in [5.74, 6) is 1.21. The van der Waals surface area contributed by atoms with Gasteiger partial charge in [-0.2, -0.15) is 0 Å². The first kappa shape index (κ1) is 37.3. The van der Waals surface area contributed by atoms with Crippen molar-refractivity contribution >= 4 is 92.9 Å². The number of benzene rings is 11. The summed E-state index contributed by atoms with van der Waals surface area (Å²) in [4.78, 5) is 11.3. The Hall–Kier alpha value is -8.66. The van der Waals surface area contributed by atoms with Gasteiger partial charge in [-0.1, -0.05) is 171 Å². The molecule has 10 aromatic carbocycles. The molecule has 4 heterocycles. The molecular weight excluding hydrogens is 861 g/mol. The first-order valence-electron chi connectivity index (χ1n) is 25.3. The molecule has 3 heteroatoms. The van der Waals surface area contributed by atoms with Gasteiger partial charge in [0.2, 0.25) is 0 Å². The highest BCUT2D eigenvalue weighted by molar-refractivity contribution is 6.30. The van der Waals surface area contributed by atoms with Crippen LogP contribution in [0.2, 0.25) is 0 Å². The molecule has 0 saturated heterocycles. The second-order valence-electron chi connectivity index (χ2n) is 21.0. The maximum absolute atomic E-state index is 6.46. The number of furan rings is 2. The molecule has 4 atom stereocenters. The van der Waals surface area contributed by atoms with Crippen LogP contribution in [-0.4, -0.2) is 9.97 Å². The van der Waals surface area contributed by atoms with Gasteiger partial charge in [-0.15, -0.1) is 0 Å². The predicted molar refractivity (Wildman–Crippen MR) is 293 cm³/mol. The average Bonchev–Trinajstić information content (AvgIpc) is 4.24. The first-order valence-corrected chi connectivity index (χ1v) is 25.3. The molecule has 328 valence electrons. The van der Waals surface area contributed by atoms with E-state index in [9.17, 15) is 0 Å². The van der Waals surface area contributed by atoms with E-state index in [1.807, 2.05) is 0 Å². The van der Waals surface area contributed by atoms with Crippen molar-refractivity contribution < 1.29 is 4.42 Å². The second kappa shape index (κ2) is 12.9. The van der Waals surface area contributed by atoms with Gasteiger partial charge in [0.15, 0.2) is 0 Å². The number of allylic oxidation sites excluding steroid dienone is 1. The van der Waals surface area contributed by atoms with Crippen LogP contribution in [0.4, 0.5) is 0 Å². The van der Waals surface area contributed by atoms with E-state index in [1.54, 1.807) is 0 Å². The Balaban J connectivity index is 0.823. The summed E-state index contributed by atoms with van der Waals surface area (Å²) < 4.78 is 6.46. The third-order valence-corrected chi connectivity index (χ3v) is 17.7. The number of pyridine rings is 2. The van der Waals surface area contributed by atoms with Crippen LogP contribution in [0.3, 0.4) is 0 Å². The molecule has 0 spiro atoms. The van der Waals surface area contributed by atoms with Crippen LogP contribution in [0.25, 0.3) is 138 Å². The Morgan fingerprint density at radius 2 is 1.14 bits per heavy atom.